The van der Waals surface area contributed by atoms with E-state index in [0.717, 1.165) is 0 Å². The Hall–Kier alpha value is -1.42. The zero-order valence-electron chi connectivity index (χ0n) is 9.60. The maximum Gasteiger partial charge on any atom is 0.306 e. The predicted molar refractivity (Wildman–Crippen MR) is 62.3 cm³/mol. The number of fused-ring (bicyclic) bond motifs is 1. The van der Waals surface area contributed by atoms with E-state index in [-0.39, 0.29) is 18.3 Å². The largest absolute Gasteiger partial charge is 0.469 e. The Balaban J connectivity index is 2.02. The quantitative estimate of drug-likeness (QED) is 0.780. The Bertz CT molecular complexity index is 433. The first-order chi connectivity index (χ1) is 8.10. The number of esters is 1. The number of benzene rings is 1. The Morgan fingerprint density at radius 2 is 2.18 bits per heavy atom. The van der Waals surface area contributed by atoms with Crippen LogP contribution in [-0.4, -0.2) is 19.4 Å². The second-order valence-electron chi connectivity index (χ2n) is 3.95. The van der Waals surface area contributed by atoms with Gasteiger partial charge in [-0.3, -0.25) is 4.79 Å². The molecule has 2 unspecified atom stereocenters. The van der Waals surface area contributed by atoms with Crippen LogP contribution in [0.4, 0.5) is 0 Å². The fourth-order valence-electron chi connectivity index (χ4n) is 1.62. The number of methoxy groups -OCH3 is 1. The van der Waals surface area contributed by atoms with Crippen molar-refractivity contribution in [2.45, 2.75) is 19.6 Å². The van der Waals surface area contributed by atoms with E-state index >= 15 is 0 Å². The van der Waals surface area contributed by atoms with Crippen LogP contribution in [0.1, 0.15) is 13.3 Å². The fourth-order valence-corrected chi connectivity index (χ4v) is 1.78. The number of hydrogen-bond acceptors (Lipinski definition) is 4. The molecule has 4 nitrogen and oxygen atoms in total. The molecule has 1 aliphatic heterocycles. The van der Waals surface area contributed by atoms with Gasteiger partial charge in [0.15, 0.2) is 11.5 Å². The fraction of sp³-hybridized carbons (Fsp3) is 0.417. The number of halogens is 1. The lowest BCUT2D eigenvalue weighted by Gasteiger charge is -2.16. The number of rotatable bonds is 3. The summed E-state index contributed by atoms with van der Waals surface area (Å²) in [5.74, 6) is 0.891. The summed E-state index contributed by atoms with van der Waals surface area (Å²) in [4.78, 5) is 11.2. The normalized spacial score (nSPS) is 18.9. The minimum Gasteiger partial charge on any atom is -0.469 e. The van der Waals surface area contributed by atoms with Crippen molar-refractivity contribution in [2.24, 2.45) is 5.92 Å². The molecule has 0 amide bonds. The second-order valence-corrected chi connectivity index (χ2v) is 4.39. The molecule has 0 bridgehead atoms. The van der Waals surface area contributed by atoms with Crippen molar-refractivity contribution in [2.75, 3.05) is 7.11 Å². The molecule has 0 aromatic heterocycles. The molecule has 1 aliphatic rings. The minimum absolute atomic E-state index is 0.0892. The van der Waals surface area contributed by atoms with Gasteiger partial charge in [0.05, 0.1) is 13.5 Å². The third-order valence-electron chi connectivity index (χ3n) is 2.57. The van der Waals surface area contributed by atoms with Crippen molar-refractivity contribution in [1.29, 1.82) is 0 Å². The highest BCUT2D eigenvalue weighted by atomic mass is 35.5. The van der Waals surface area contributed by atoms with Crippen molar-refractivity contribution >= 4 is 17.6 Å². The first-order valence-corrected chi connectivity index (χ1v) is 5.67. The van der Waals surface area contributed by atoms with Gasteiger partial charge in [-0.2, -0.15) is 0 Å². The summed E-state index contributed by atoms with van der Waals surface area (Å²) in [6, 6.07) is 5.18. The van der Waals surface area contributed by atoms with Crippen molar-refractivity contribution in [1.82, 2.24) is 0 Å². The molecule has 0 aliphatic carbocycles. The Morgan fingerprint density at radius 1 is 1.47 bits per heavy atom. The molecule has 0 saturated heterocycles. The van der Waals surface area contributed by atoms with Gasteiger partial charge in [0, 0.05) is 17.0 Å². The van der Waals surface area contributed by atoms with E-state index in [9.17, 15) is 4.79 Å². The minimum atomic E-state index is -0.470. The van der Waals surface area contributed by atoms with Crippen molar-refractivity contribution in [3.63, 3.8) is 0 Å². The van der Waals surface area contributed by atoms with E-state index in [0.29, 0.717) is 16.5 Å². The van der Waals surface area contributed by atoms with Crippen LogP contribution in [0.2, 0.25) is 5.02 Å². The van der Waals surface area contributed by atoms with Gasteiger partial charge in [-0.15, -0.1) is 0 Å². The summed E-state index contributed by atoms with van der Waals surface area (Å²) >= 11 is 5.85. The van der Waals surface area contributed by atoms with Crippen molar-refractivity contribution < 1.29 is 19.0 Å². The van der Waals surface area contributed by atoms with Gasteiger partial charge in [-0.05, 0) is 12.1 Å². The predicted octanol–water partition coefficient (Wildman–Crippen LogP) is 2.64. The summed E-state index contributed by atoms with van der Waals surface area (Å²) in [6.45, 7) is 1.87. The van der Waals surface area contributed by atoms with Crippen LogP contribution in [0.3, 0.4) is 0 Å². The number of hydrogen-bond donors (Lipinski definition) is 0. The highest BCUT2D eigenvalue weighted by Crippen LogP contribution is 2.38. The highest BCUT2D eigenvalue weighted by Gasteiger charge is 2.30. The van der Waals surface area contributed by atoms with Gasteiger partial charge in [0.25, 0.3) is 0 Å². The maximum atomic E-state index is 11.2. The first-order valence-electron chi connectivity index (χ1n) is 5.30. The molecule has 0 N–H and O–H groups in total. The van der Waals surface area contributed by atoms with E-state index in [1.54, 1.807) is 18.2 Å². The maximum absolute atomic E-state index is 11.2. The lowest BCUT2D eigenvalue weighted by Crippen LogP contribution is -2.28. The molecule has 2 atom stereocenters. The molecular formula is C12H13ClO4. The highest BCUT2D eigenvalue weighted by molar-refractivity contribution is 6.30. The van der Waals surface area contributed by atoms with Crippen molar-refractivity contribution in [3.8, 4) is 11.5 Å². The Labute approximate surface area is 104 Å². The van der Waals surface area contributed by atoms with Gasteiger partial charge in [-0.1, -0.05) is 18.5 Å². The Kier molecular flexibility index (Phi) is 3.43. The van der Waals surface area contributed by atoms with Gasteiger partial charge in [0.2, 0.25) is 6.29 Å². The monoisotopic (exact) mass is 256 g/mol. The van der Waals surface area contributed by atoms with E-state index in [1.807, 2.05) is 6.92 Å². The third-order valence-corrected chi connectivity index (χ3v) is 2.81. The second kappa shape index (κ2) is 4.84. The molecule has 0 radical (unpaired) electrons. The average molecular weight is 257 g/mol. The summed E-state index contributed by atoms with van der Waals surface area (Å²) in [6.07, 6.45) is -0.217. The average Bonchev–Trinajstić information content (AvgIpc) is 2.71. The molecule has 92 valence electrons. The van der Waals surface area contributed by atoms with Crippen LogP contribution in [0, 0.1) is 5.92 Å². The zero-order valence-corrected chi connectivity index (χ0v) is 10.4. The molecule has 0 fully saturated rings. The molecule has 0 spiro atoms. The van der Waals surface area contributed by atoms with Crippen LogP contribution < -0.4 is 9.47 Å². The van der Waals surface area contributed by atoms with Crippen LogP contribution in [0.15, 0.2) is 18.2 Å². The SMILES string of the molecule is COC(=O)CC(C)C1Oc2ccc(Cl)cc2O1. The molecule has 0 saturated carbocycles. The standard InChI is InChI=1S/C12H13ClO4/c1-7(5-11(14)15-2)12-16-9-4-3-8(13)6-10(9)17-12/h3-4,6-7,12H,5H2,1-2H3. The molecule has 17 heavy (non-hydrogen) atoms. The lowest BCUT2D eigenvalue weighted by molar-refractivity contribution is -0.143. The smallest absolute Gasteiger partial charge is 0.306 e. The van der Waals surface area contributed by atoms with E-state index in [1.165, 1.54) is 7.11 Å². The molecule has 1 aromatic carbocycles. The zero-order chi connectivity index (χ0) is 12.4. The van der Waals surface area contributed by atoms with E-state index in [2.05, 4.69) is 4.74 Å². The summed E-state index contributed by atoms with van der Waals surface area (Å²) in [5.41, 5.74) is 0. The van der Waals surface area contributed by atoms with Gasteiger partial charge in [-0.25, -0.2) is 0 Å². The van der Waals surface area contributed by atoms with Crippen LogP contribution >= 0.6 is 11.6 Å². The van der Waals surface area contributed by atoms with Crippen LogP contribution in [0.5, 0.6) is 11.5 Å². The number of ether oxygens (including phenoxy) is 3. The summed E-state index contributed by atoms with van der Waals surface area (Å²) in [7, 11) is 1.36. The topological polar surface area (TPSA) is 44.8 Å². The molecule has 2 rings (SSSR count). The van der Waals surface area contributed by atoms with Crippen LogP contribution in [0.25, 0.3) is 0 Å². The van der Waals surface area contributed by atoms with Gasteiger partial charge >= 0.3 is 5.97 Å². The third kappa shape index (κ3) is 2.64. The lowest BCUT2D eigenvalue weighted by atomic mass is 10.1. The number of carbonyl (C=O) groups is 1. The van der Waals surface area contributed by atoms with Gasteiger partial charge in [0.1, 0.15) is 0 Å². The molecule has 1 aromatic rings. The Morgan fingerprint density at radius 3 is 2.88 bits per heavy atom. The number of carbonyl (C=O) groups excluding carboxylic acids is 1. The summed E-state index contributed by atoms with van der Waals surface area (Å²) < 4.78 is 15.8. The molecular weight excluding hydrogens is 244 g/mol. The first kappa shape index (κ1) is 12.0. The summed E-state index contributed by atoms with van der Waals surface area (Å²) in [5, 5.41) is 0.591. The molecule has 1 heterocycles. The van der Waals surface area contributed by atoms with E-state index < -0.39 is 6.29 Å². The van der Waals surface area contributed by atoms with E-state index in [4.69, 9.17) is 21.1 Å². The van der Waals surface area contributed by atoms with Crippen LogP contribution in [-0.2, 0) is 9.53 Å². The van der Waals surface area contributed by atoms with Crippen molar-refractivity contribution in [3.05, 3.63) is 23.2 Å². The van der Waals surface area contributed by atoms with Gasteiger partial charge < -0.3 is 14.2 Å². The molecule has 5 heteroatoms.